The lowest BCUT2D eigenvalue weighted by molar-refractivity contribution is -0.129. The zero-order valence-electron chi connectivity index (χ0n) is 16.5. The molecule has 1 fully saturated rings. The molecule has 0 atom stereocenters. The number of nitrogens with one attached hydrogen (secondary N) is 1. The van der Waals surface area contributed by atoms with Crippen molar-refractivity contribution in [1.29, 1.82) is 0 Å². The number of benzene rings is 1. The summed E-state index contributed by atoms with van der Waals surface area (Å²) >= 11 is 12.4. The van der Waals surface area contributed by atoms with Gasteiger partial charge in [0.25, 0.3) is 0 Å². The van der Waals surface area contributed by atoms with Crippen LogP contribution in [0, 0.1) is 5.92 Å². The molecule has 0 radical (unpaired) electrons. The highest BCUT2D eigenvalue weighted by Crippen LogP contribution is 2.33. The van der Waals surface area contributed by atoms with Gasteiger partial charge >= 0.3 is 6.09 Å². The highest BCUT2D eigenvalue weighted by Gasteiger charge is 2.37. The first-order valence-corrected chi connectivity index (χ1v) is 9.72. The summed E-state index contributed by atoms with van der Waals surface area (Å²) in [5.74, 6) is 0.203. The van der Waals surface area contributed by atoms with Gasteiger partial charge in [0.15, 0.2) is 6.79 Å². The summed E-state index contributed by atoms with van der Waals surface area (Å²) in [6.45, 7) is 6.56. The summed E-state index contributed by atoms with van der Waals surface area (Å²) in [7, 11) is 1.52. The average Bonchev–Trinajstić information content (AvgIpc) is 2.54. The third-order valence-corrected chi connectivity index (χ3v) is 4.91. The maximum absolute atomic E-state index is 12.3. The van der Waals surface area contributed by atoms with E-state index in [1.54, 1.807) is 32.9 Å². The number of halogens is 2. The molecule has 1 aromatic rings. The summed E-state index contributed by atoms with van der Waals surface area (Å²) in [6.07, 6.45) is 0.0503. The van der Waals surface area contributed by atoms with E-state index < -0.39 is 11.7 Å². The van der Waals surface area contributed by atoms with E-state index in [1.807, 2.05) is 0 Å². The van der Waals surface area contributed by atoms with Crippen molar-refractivity contribution in [2.45, 2.75) is 32.8 Å². The number of nitrogens with zero attached hydrogens (tertiary/aromatic N) is 1. The molecule has 0 unspecified atom stereocenters. The number of methoxy groups -OCH3 is 1. The van der Waals surface area contributed by atoms with Crippen LogP contribution in [0.2, 0.25) is 10.0 Å². The van der Waals surface area contributed by atoms with Gasteiger partial charge in [0, 0.05) is 32.3 Å². The third kappa shape index (κ3) is 6.15. The van der Waals surface area contributed by atoms with Crippen LogP contribution in [-0.2, 0) is 20.7 Å². The topological polar surface area (TPSA) is 77.1 Å². The number of rotatable bonds is 7. The SMILES string of the molecule is COCOc1ccc(Cl)c(Cl)c1CCNC(=O)C1CN(C(=O)OC(C)(C)C)C1. The van der Waals surface area contributed by atoms with Gasteiger partial charge in [0.05, 0.1) is 16.0 Å². The molecule has 7 nitrogen and oxygen atoms in total. The molecule has 1 N–H and O–H groups in total. The average molecular weight is 433 g/mol. The first-order valence-electron chi connectivity index (χ1n) is 8.96. The van der Waals surface area contributed by atoms with Gasteiger partial charge in [-0.1, -0.05) is 23.2 Å². The van der Waals surface area contributed by atoms with Crippen LogP contribution in [-0.4, -0.2) is 56.0 Å². The molecular formula is C19H26Cl2N2O5. The van der Waals surface area contributed by atoms with Gasteiger partial charge in [-0.25, -0.2) is 4.79 Å². The van der Waals surface area contributed by atoms with Crippen molar-refractivity contribution in [3.8, 4) is 5.75 Å². The fourth-order valence-electron chi connectivity index (χ4n) is 2.64. The minimum Gasteiger partial charge on any atom is -0.467 e. The lowest BCUT2D eigenvalue weighted by Gasteiger charge is -2.38. The molecular weight excluding hydrogens is 407 g/mol. The Morgan fingerprint density at radius 1 is 1.25 bits per heavy atom. The van der Waals surface area contributed by atoms with Crippen LogP contribution in [0.3, 0.4) is 0 Å². The molecule has 0 spiro atoms. The number of amides is 2. The van der Waals surface area contributed by atoms with Gasteiger partial charge < -0.3 is 24.4 Å². The van der Waals surface area contributed by atoms with Gasteiger partial charge in [-0.15, -0.1) is 0 Å². The highest BCUT2D eigenvalue weighted by atomic mass is 35.5. The quantitative estimate of drug-likeness (QED) is 0.667. The Morgan fingerprint density at radius 2 is 1.93 bits per heavy atom. The highest BCUT2D eigenvalue weighted by molar-refractivity contribution is 6.42. The second-order valence-corrected chi connectivity index (χ2v) is 8.30. The zero-order valence-corrected chi connectivity index (χ0v) is 18.0. The number of likely N-dealkylation sites (tertiary alicyclic amines) is 1. The van der Waals surface area contributed by atoms with Crippen molar-refractivity contribution in [1.82, 2.24) is 10.2 Å². The summed E-state index contributed by atoms with van der Waals surface area (Å²) in [6, 6.07) is 3.37. The number of carbonyl (C=O) groups is 2. The molecule has 28 heavy (non-hydrogen) atoms. The van der Waals surface area contributed by atoms with E-state index in [-0.39, 0.29) is 18.6 Å². The maximum atomic E-state index is 12.3. The van der Waals surface area contributed by atoms with Gasteiger partial charge in [0.2, 0.25) is 5.91 Å². The van der Waals surface area contributed by atoms with E-state index in [0.29, 0.717) is 47.4 Å². The molecule has 2 rings (SSSR count). The van der Waals surface area contributed by atoms with E-state index in [0.717, 1.165) is 0 Å². The zero-order chi connectivity index (χ0) is 20.9. The molecule has 1 aliphatic heterocycles. The molecule has 1 saturated heterocycles. The van der Waals surface area contributed by atoms with Crippen LogP contribution >= 0.6 is 23.2 Å². The third-order valence-electron chi connectivity index (χ3n) is 4.06. The first-order chi connectivity index (χ1) is 13.1. The number of hydrogen-bond acceptors (Lipinski definition) is 5. The predicted molar refractivity (Wildman–Crippen MR) is 107 cm³/mol. The lowest BCUT2D eigenvalue weighted by atomic mass is 10.00. The van der Waals surface area contributed by atoms with E-state index in [1.165, 1.54) is 12.0 Å². The van der Waals surface area contributed by atoms with Crippen LogP contribution in [0.1, 0.15) is 26.3 Å². The summed E-state index contributed by atoms with van der Waals surface area (Å²) in [4.78, 5) is 25.7. The summed E-state index contributed by atoms with van der Waals surface area (Å²) < 4.78 is 15.7. The number of hydrogen-bond donors (Lipinski definition) is 1. The molecule has 0 aromatic heterocycles. The monoisotopic (exact) mass is 432 g/mol. The largest absolute Gasteiger partial charge is 0.467 e. The Balaban J connectivity index is 1.82. The van der Waals surface area contributed by atoms with E-state index in [4.69, 9.17) is 37.4 Å². The molecule has 1 heterocycles. The Labute approximate surface area is 175 Å². The van der Waals surface area contributed by atoms with Gasteiger partial charge in [0.1, 0.15) is 11.4 Å². The second-order valence-electron chi connectivity index (χ2n) is 7.51. The van der Waals surface area contributed by atoms with Crippen molar-refractivity contribution in [2.24, 2.45) is 5.92 Å². The van der Waals surface area contributed by atoms with Crippen molar-refractivity contribution in [3.05, 3.63) is 27.7 Å². The van der Waals surface area contributed by atoms with Crippen molar-refractivity contribution < 1.29 is 23.8 Å². The number of ether oxygens (including phenoxy) is 3. The summed E-state index contributed by atoms with van der Waals surface area (Å²) in [5.41, 5.74) is 0.152. The van der Waals surface area contributed by atoms with Crippen LogP contribution in [0.25, 0.3) is 0 Å². The minimum atomic E-state index is -0.552. The Hall–Kier alpha value is -1.70. The standard InChI is InChI=1S/C19H26Cl2N2O5/c1-19(2,3)28-18(25)23-9-12(10-23)17(24)22-8-7-13-15(27-11-26-4)6-5-14(20)16(13)21/h5-6,12H,7-11H2,1-4H3,(H,22,24). The summed E-state index contributed by atoms with van der Waals surface area (Å²) in [5, 5.41) is 3.67. The van der Waals surface area contributed by atoms with Crippen molar-refractivity contribution in [2.75, 3.05) is 33.5 Å². The molecule has 0 aliphatic carbocycles. The minimum absolute atomic E-state index is 0.0832. The van der Waals surface area contributed by atoms with Crippen LogP contribution in [0.15, 0.2) is 12.1 Å². The number of carbonyl (C=O) groups excluding carboxylic acids is 2. The van der Waals surface area contributed by atoms with Gasteiger partial charge in [-0.2, -0.15) is 0 Å². The fraction of sp³-hybridized carbons (Fsp3) is 0.579. The van der Waals surface area contributed by atoms with Gasteiger partial charge in [-0.05, 0) is 39.3 Å². The van der Waals surface area contributed by atoms with Crippen LogP contribution in [0.4, 0.5) is 4.79 Å². The van der Waals surface area contributed by atoms with Crippen molar-refractivity contribution in [3.63, 3.8) is 0 Å². The molecule has 156 valence electrons. The molecule has 0 saturated carbocycles. The van der Waals surface area contributed by atoms with E-state index in [2.05, 4.69) is 5.32 Å². The molecule has 1 aromatic carbocycles. The smallest absolute Gasteiger partial charge is 0.410 e. The normalized spacial score (nSPS) is 14.4. The second kappa shape index (κ2) is 9.67. The van der Waals surface area contributed by atoms with Crippen LogP contribution in [0.5, 0.6) is 5.75 Å². The van der Waals surface area contributed by atoms with Gasteiger partial charge in [-0.3, -0.25) is 4.79 Å². The predicted octanol–water partition coefficient (Wildman–Crippen LogP) is 3.50. The van der Waals surface area contributed by atoms with E-state index in [9.17, 15) is 9.59 Å². The lowest BCUT2D eigenvalue weighted by Crippen LogP contribution is -2.56. The molecule has 2 amide bonds. The maximum Gasteiger partial charge on any atom is 0.410 e. The van der Waals surface area contributed by atoms with Crippen LogP contribution < -0.4 is 10.1 Å². The molecule has 1 aliphatic rings. The fourth-order valence-corrected chi connectivity index (χ4v) is 3.07. The van der Waals surface area contributed by atoms with E-state index >= 15 is 0 Å². The Bertz CT molecular complexity index is 715. The van der Waals surface area contributed by atoms with Crippen molar-refractivity contribution >= 4 is 35.2 Å². The Morgan fingerprint density at radius 3 is 2.54 bits per heavy atom. The first kappa shape index (κ1) is 22.6. The molecule has 9 heteroatoms. The molecule has 0 bridgehead atoms. The Kier molecular flexibility index (Phi) is 7.80.